The van der Waals surface area contributed by atoms with E-state index in [1.165, 1.54) is 12.1 Å². The topological polar surface area (TPSA) is 85.4 Å². The number of nitro groups is 1. The number of nitro benzene ring substituents is 1. The molecule has 0 amide bonds. The molecular weight excluding hydrogens is 392 g/mol. The van der Waals surface area contributed by atoms with E-state index in [0.717, 1.165) is 16.7 Å². The van der Waals surface area contributed by atoms with E-state index in [0.29, 0.717) is 29.2 Å². The molecule has 0 unspecified atom stereocenters. The van der Waals surface area contributed by atoms with Crippen LogP contribution in [0.5, 0.6) is 11.5 Å². The molecule has 0 N–H and O–H groups in total. The molecule has 0 fully saturated rings. The van der Waals surface area contributed by atoms with Gasteiger partial charge in [0.2, 0.25) is 0 Å². The first kappa shape index (κ1) is 21.6. The van der Waals surface area contributed by atoms with Gasteiger partial charge in [-0.15, -0.1) is 0 Å². The van der Waals surface area contributed by atoms with Crippen molar-refractivity contribution < 1.29 is 14.4 Å². The second kappa shape index (κ2) is 10.1. The Morgan fingerprint density at radius 2 is 1.84 bits per heavy atom. The van der Waals surface area contributed by atoms with E-state index in [-0.39, 0.29) is 12.3 Å². The minimum Gasteiger partial charge on any atom is -0.490 e. The highest BCUT2D eigenvalue weighted by Gasteiger charge is 2.10. The highest BCUT2D eigenvalue weighted by Crippen LogP contribution is 2.31. The summed E-state index contributed by atoms with van der Waals surface area (Å²) in [5.74, 6) is 1.07. The van der Waals surface area contributed by atoms with Gasteiger partial charge in [0.25, 0.3) is 5.69 Å². The lowest BCUT2D eigenvalue weighted by molar-refractivity contribution is -0.384. The van der Waals surface area contributed by atoms with E-state index in [2.05, 4.69) is 6.07 Å². The van der Waals surface area contributed by atoms with Crippen molar-refractivity contribution in [1.29, 1.82) is 5.26 Å². The van der Waals surface area contributed by atoms with E-state index < -0.39 is 4.92 Å². The number of benzene rings is 3. The monoisotopic (exact) mass is 414 g/mol. The highest BCUT2D eigenvalue weighted by molar-refractivity contribution is 5.89. The standard InChI is InChI=1S/C25H22N2O4/c1-3-30-25-15-19(13-22(16-26)21-10-7-18(2)8-11-21)9-12-24(25)31-17-20-5-4-6-23(14-20)27(28)29/h4-15H,3,17H2,1-2H3/b22-13-. The zero-order chi connectivity index (χ0) is 22.2. The molecule has 0 spiro atoms. The first-order chi connectivity index (χ1) is 15.0. The summed E-state index contributed by atoms with van der Waals surface area (Å²) in [7, 11) is 0. The minimum absolute atomic E-state index is 0.0201. The van der Waals surface area contributed by atoms with Gasteiger partial charge in [0.05, 0.1) is 23.2 Å². The van der Waals surface area contributed by atoms with Gasteiger partial charge >= 0.3 is 0 Å². The maximum Gasteiger partial charge on any atom is 0.269 e. The number of hydrogen-bond donors (Lipinski definition) is 0. The molecule has 0 saturated heterocycles. The number of aryl methyl sites for hydroxylation is 1. The third kappa shape index (κ3) is 5.71. The Balaban J connectivity index is 1.83. The molecule has 0 aliphatic heterocycles. The van der Waals surface area contributed by atoms with Crippen LogP contribution >= 0.6 is 0 Å². The molecule has 3 rings (SSSR count). The van der Waals surface area contributed by atoms with Gasteiger partial charge in [-0.2, -0.15) is 5.26 Å². The van der Waals surface area contributed by atoms with Gasteiger partial charge in [-0.3, -0.25) is 10.1 Å². The lowest BCUT2D eigenvalue weighted by atomic mass is 10.0. The van der Waals surface area contributed by atoms with Crippen molar-refractivity contribution in [2.45, 2.75) is 20.5 Å². The van der Waals surface area contributed by atoms with Crippen molar-refractivity contribution in [3.05, 3.63) is 99.1 Å². The van der Waals surface area contributed by atoms with Crippen LogP contribution < -0.4 is 9.47 Å². The molecule has 0 heterocycles. The lowest BCUT2D eigenvalue weighted by Gasteiger charge is -2.13. The number of rotatable bonds is 8. The molecule has 31 heavy (non-hydrogen) atoms. The zero-order valence-corrected chi connectivity index (χ0v) is 17.4. The summed E-state index contributed by atoms with van der Waals surface area (Å²) in [6.45, 7) is 4.49. The van der Waals surface area contributed by atoms with E-state index in [1.54, 1.807) is 24.3 Å². The molecule has 0 aliphatic carbocycles. The van der Waals surface area contributed by atoms with Gasteiger partial charge in [0.1, 0.15) is 6.61 Å². The SMILES string of the molecule is CCOc1cc(/C=C(/C#N)c2ccc(C)cc2)ccc1OCc1cccc([N+](=O)[O-])c1. The van der Waals surface area contributed by atoms with Crippen LogP contribution in [0.2, 0.25) is 0 Å². The van der Waals surface area contributed by atoms with Crippen LogP contribution in [0, 0.1) is 28.4 Å². The largest absolute Gasteiger partial charge is 0.490 e. The maximum atomic E-state index is 11.0. The average molecular weight is 414 g/mol. The molecule has 0 bridgehead atoms. The Hall–Kier alpha value is -4.11. The molecule has 6 nitrogen and oxygen atoms in total. The second-order valence-corrected chi connectivity index (χ2v) is 6.89. The van der Waals surface area contributed by atoms with Crippen molar-refractivity contribution in [3.8, 4) is 17.6 Å². The fourth-order valence-electron chi connectivity index (χ4n) is 3.00. The van der Waals surface area contributed by atoms with Crippen molar-refractivity contribution in [1.82, 2.24) is 0 Å². The smallest absolute Gasteiger partial charge is 0.269 e. The molecular formula is C25H22N2O4. The van der Waals surface area contributed by atoms with Crippen molar-refractivity contribution in [2.24, 2.45) is 0 Å². The number of allylic oxidation sites excluding steroid dienone is 1. The maximum absolute atomic E-state index is 11.0. The predicted octanol–water partition coefficient (Wildman–Crippen LogP) is 5.95. The minimum atomic E-state index is -0.433. The number of nitrogens with zero attached hydrogens (tertiary/aromatic N) is 2. The normalized spacial score (nSPS) is 10.9. The quantitative estimate of drug-likeness (QED) is 0.197. The van der Waals surface area contributed by atoms with Crippen LogP contribution in [0.1, 0.15) is 29.2 Å². The molecule has 0 radical (unpaired) electrons. The van der Waals surface area contributed by atoms with Gasteiger partial charge in [-0.05, 0) is 48.7 Å². The summed E-state index contributed by atoms with van der Waals surface area (Å²) < 4.78 is 11.6. The number of hydrogen-bond acceptors (Lipinski definition) is 5. The van der Waals surface area contributed by atoms with Crippen LogP contribution in [-0.4, -0.2) is 11.5 Å². The summed E-state index contributed by atoms with van der Waals surface area (Å²) in [5, 5.41) is 20.5. The van der Waals surface area contributed by atoms with Gasteiger partial charge in [0, 0.05) is 12.1 Å². The molecule has 156 valence electrons. The Morgan fingerprint density at radius 1 is 1.06 bits per heavy atom. The second-order valence-electron chi connectivity index (χ2n) is 6.89. The Morgan fingerprint density at radius 3 is 2.52 bits per heavy atom. The predicted molar refractivity (Wildman–Crippen MR) is 120 cm³/mol. The van der Waals surface area contributed by atoms with Crippen molar-refractivity contribution >= 4 is 17.3 Å². The highest BCUT2D eigenvalue weighted by atomic mass is 16.6. The van der Waals surface area contributed by atoms with Gasteiger partial charge in [-0.25, -0.2) is 0 Å². The summed E-state index contributed by atoms with van der Waals surface area (Å²) in [6.07, 6.45) is 1.80. The fraction of sp³-hybridized carbons (Fsp3) is 0.160. The van der Waals surface area contributed by atoms with Gasteiger partial charge in [0.15, 0.2) is 11.5 Å². The Kier molecular flexibility index (Phi) is 7.02. The van der Waals surface area contributed by atoms with Crippen LogP contribution in [-0.2, 0) is 6.61 Å². The third-order valence-electron chi connectivity index (χ3n) is 4.58. The summed E-state index contributed by atoms with van der Waals surface area (Å²) >= 11 is 0. The van der Waals surface area contributed by atoms with Crippen LogP contribution in [0.15, 0.2) is 66.7 Å². The van der Waals surface area contributed by atoms with E-state index >= 15 is 0 Å². The van der Waals surface area contributed by atoms with E-state index in [1.807, 2.05) is 50.2 Å². The lowest BCUT2D eigenvalue weighted by Crippen LogP contribution is -2.00. The summed E-state index contributed by atoms with van der Waals surface area (Å²) in [6, 6.07) is 21.8. The zero-order valence-electron chi connectivity index (χ0n) is 17.4. The van der Waals surface area contributed by atoms with Crippen LogP contribution in [0.25, 0.3) is 11.6 Å². The summed E-state index contributed by atoms with van der Waals surface area (Å²) in [4.78, 5) is 10.5. The van der Waals surface area contributed by atoms with Gasteiger partial charge < -0.3 is 9.47 Å². The number of nitriles is 1. The van der Waals surface area contributed by atoms with Crippen molar-refractivity contribution in [2.75, 3.05) is 6.61 Å². The third-order valence-corrected chi connectivity index (χ3v) is 4.58. The fourth-order valence-corrected chi connectivity index (χ4v) is 3.00. The first-order valence-corrected chi connectivity index (χ1v) is 9.82. The molecule has 0 atom stereocenters. The molecule has 3 aromatic carbocycles. The van der Waals surface area contributed by atoms with E-state index in [9.17, 15) is 15.4 Å². The molecule has 6 heteroatoms. The molecule has 3 aromatic rings. The molecule has 0 aromatic heterocycles. The van der Waals surface area contributed by atoms with Crippen LogP contribution in [0.4, 0.5) is 5.69 Å². The summed E-state index contributed by atoms with van der Waals surface area (Å²) in [5.41, 5.74) is 4.04. The molecule has 0 aliphatic rings. The Bertz CT molecular complexity index is 1140. The van der Waals surface area contributed by atoms with E-state index in [4.69, 9.17) is 9.47 Å². The van der Waals surface area contributed by atoms with Crippen molar-refractivity contribution in [3.63, 3.8) is 0 Å². The number of non-ortho nitro benzene ring substituents is 1. The average Bonchev–Trinajstić information content (AvgIpc) is 2.78. The first-order valence-electron chi connectivity index (χ1n) is 9.82. The van der Waals surface area contributed by atoms with Gasteiger partial charge in [-0.1, -0.05) is 48.0 Å². The number of ether oxygens (including phenoxy) is 2. The Labute approximate surface area is 181 Å². The molecule has 0 saturated carbocycles. The van der Waals surface area contributed by atoms with Crippen LogP contribution in [0.3, 0.4) is 0 Å².